The molecule has 5 heteroatoms. The van der Waals surface area contributed by atoms with Gasteiger partial charge in [-0.3, -0.25) is 9.48 Å². The molecule has 1 aromatic heterocycles. The number of hydrogen-bond acceptors (Lipinski definition) is 3. The third-order valence-corrected chi connectivity index (χ3v) is 5.18. The van der Waals surface area contributed by atoms with Gasteiger partial charge >= 0.3 is 0 Å². The molecule has 0 saturated carbocycles. The molecule has 1 N–H and O–H groups in total. The van der Waals surface area contributed by atoms with E-state index in [1.807, 2.05) is 16.5 Å². The minimum absolute atomic E-state index is 0.0932. The zero-order valence-electron chi connectivity index (χ0n) is 14.2. The van der Waals surface area contributed by atoms with Gasteiger partial charge in [0.25, 0.3) is 5.91 Å². The van der Waals surface area contributed by atoms with Gasteiger partial charge in [-0.25, -0.2) is 0 Å². The Balaban J connectivity index is 1.75. The van der Waals surface area contributed by atoms with Crippen LogP contribution in [0.2, 0.25) is 0 Å². The molecule has 3 rings (SSSR count). The first-order chi connectivity index (χ1) is 10.4. The molecule has 0 radical (unpaired) electrons. The van der Waals surface area contributed by atoms with Crippen molar-refractivity contribution in [1.29, 1.82) is 0 Å². The van der Waals surface area contributed by atoms with Crippen LogP contribution >= 0.6 is 0 Å². The van der Waals surface area contributed by atoms with Crippen LogP contribution in [0, 0.1) is 18.8 Å². The minimum atomic E-state index is -0.0932. The summed E-state index contributed by atoms with van der Waals surface area (Å²) in [5, 5.41) is 7.92. The molecule has 122 valence electrons. The van der Waals surface area contributed by atoms with E-state index in [2.05, 4.69) is 31.2 Å². The highest BCUT2D eigenvalue weighted by atomic mass is 16.2. The number of nitrogens with zero attached hydrogens (tertiary/aromatic N) is 3. The predicted molar refractivity (Wildman–Crippen MR) is 86.9 cm³/mol. The van der Waals surface area contributed by atoms with E-state index in [0.29, 0.717) is 0 Å². The van der Waals surface area contributed by atoms with Crippen LogP contribution in [0.25, 0.3) is 0 Å². The molecule has 2 saturated heterocycles. The molecule has 22 heavy (non-hydrogen) atoms. The van der Waals surface area contributed by atoms with Crippen LogP contribution in [-0.2, 0) is 5.54 Å². The summed E-state index contributed by atoms with van der Waals surface area (Å²) < 4.78 is 1.96. The van der Waals surface area contributed by atoms with E-state index in [0.717, 1.165) is 62.1 Å². The molecule has 3 heterocycles. The van der Waals surface area contributed by atoms with E-state index in [-0.39, 0.29) is 11.4 Å². The first-order valence-corrected chi connectivity index (χ1v) is 8.43. The average Bonchev–Trinajstić information content (AvgIpc) is 3.00. The topological polar surface area (TPSA) is 50.2 Å². The second-order valence-electron chi connectivity index (χ2n) is 7.77. The normalized spacial score (nSPS) is 25.9. The van der Waals surface area contributed by atoms with Crippen LogP contribution in [0.3, 0.4) is 0 Å². The van der Waals surface area contributed by atoms with Gasteiger partial charge < -0.3 is 10.2 Å². The van der Waals surface area contributed by atoms with E-state index < -0.39 is 0 Å². The highest BCUT2D eigenvalue weighted by Gasteiger charge is 2.32. The largest absolute Gasteiger partial charge is 0.339 e. The van der Waals surface area contributed by atoms with Crippen molar-refractivity contribution < 1.29 is 4.79 Å². The van der Waals surface area contributed by atoms with Crippen molar-refractivity contribution in [3.63, 3.8) is 0 Å². The molecule has 0 bridgehead atoms. The van der Waals surface area contributed by atoms with Gasteiger partial charge in [0.2, 0.25) is 0 Å². The van der Waals surface area contributed by atoms with Gasteiger partial charge in [-0.05, 0) is 65.5 Å². The molecule has 0 aromatic carbocycles. The molecule has 2 aliphatic heterocycles. The number of hydrogen-bond donors (Lipinski definition) is 1. The van der Waals surface area contributed by atoms with Crippen molar-refractivity contribution >= 4 is 5.91 Å². The van der Waals surface area contributed by atoms with E-state index in [9.17, 15) is 4.79 Å². The minimum Gasteiger partial charge on any atom is -0.339 e. The predicted octanol–water partition coefficient (Wildman–Crippen LogP) is 2.02. The molecule has 0 unspecified atom stereocenters. The molecular formula is C17H28N4O. The highest BCUT2D eigenvalue weighted by Crippen LogP contribution is 2.28. The second kappa shape index (κ2) is 5.69. The van der Waals surface area contributed by atoms with E-state index in [1.54, 1.807) is 6.20 Å². The van der Waals surface area contributed by atoms with Crippen LogP contribution in [0.15, 0.2) is 6.20 Å². The molecule has 2 aliphatic rings. The highest BCUT2D eigenvalue weighted by molar-refractivity contribution is 5.95. The fourth-order valence-electron chi connectivity index (χ4n) is 3.89. The monoisotopic (exact) mass is 304 g/mol. The van der Waals surface area contributed by atoms with Crippen LogP contribution in [0.5, 0.6) is 0 Å². The quantitative estimate of drug-likeness (QED) is 0.863. The van der Waals surface area contributed by atoms with Crippen LogP contribution < -0.4 is 5.32 Å². The molecule has 0 aliphatic carbocycles. The first kappa shape index (κ1) is 15.5. The maximum Gasteiger partial charge on any atom is 0.257 e. The van der Waals surface area contributed by atoms with Crippen molar-refractivity contribution in [2.24, 2.45) is 11.8 Å². The lowest BCUT2D eigenvalue weighted by Gasteiger charge is -2.23. The average molecular weight is 304 g/mol. The number of fused-ring (bicyclic) bond motifs is 1. The zero-order chi connectivity index (χ0) is 15.9. The van der Waals surface area contributed by atoms with Gasteiger partial charge in [-0.2, -0.15) is 5.10 Å². The summed E-state index contributed by atoms with van der Waals surface area (Å²) in [5.41, 5.74) is 1.65. The molecule has 2 fully saturated rings. The van der Waals surface area contributed by atoms with Gasteiger partial charge in [-0.15, -0.1) is 0 Å². The second-order valence-corrected chi connectivity index (χ2v) is 7.77. The Bertz CT molecular complexity index is 543. The van der Waals surface area contributed by atoms with Crippen molar-refractivity contribution in [3.8, 4) is 0 Å². The Hall–Kier alpha value is -1.36. The summed E-state index contributed by atoms with van der Waals surface area (Å²) in [6.45, 7) is 12.3. The van der Waals surface area contributed by atoms with E-state index >= 15 is 0 Å². The Kier molecular flexibility index (Phi) is 4.02. The fraction of sp³-hybridized carbons (Fsp3) is 0.765. The van der Waals surface area contributed by atoms with Crippen LogP contribution in [0.4, 0.5) is 0 Å². The maximum atomic E-state index is 12.9. The van der Waals surface area contributed by atoms with E-state index in [4.69, 9.17) is 0 Å². The number of carbonyl (C=O) groups excluding carboxylic acids is 1. The van der Waals surface area contributed by atoms with Crippen molar-refractivity contribution in [2.45, 2.75) is 46.1 Å². The van der Waals surface area contributed by atoms with Gasteiger partial charge in [0.15, 0.2) is 0 Å². The first-order valence-electron chi connectivity index (χ1n) is 8.43. The third kappa shape index (κ3) is 2.78. The number of amides is 1. The van der Waals surface area contributed by atoms with E-state index in [1.165, 1.54) is 0 Å². The lowest BCUT2D eigenvalue weighted by molar-refractivity contribution is 0.0757. The van der Waals surface area contributed by atoms with Gasteiger partial charge in [0.05, 0.1) is 17.3 Å². The summed E-state index contributed by atoms with van der Waals surface area (Å²) >= 11 is 0. The standard InChI is InChI=1S/C17H28N4O/c1-12-15(11-19-21(12)17(2,3)4)16(22)20-7-5-13-9-18-10-14(13)6-8-20/h11,13-14,18H,5-10H2,1-4H3/t13-,14+. The number of likely N-dealkylation sites (tertiary alicyclic amines) is 1. The molecule has 2 atom stereocenters. The fourth-order valence-corrected chi connectivity index (χ4v) is 3.89. The maximum absolute atomic E-state index is 12.9. The molecule has 5 nitrogen and oxygen atoms in total. The molecule has 0 spiro atoms. The summed E-state index contributed by atoms with van der Waals surface area (Å²) in [6.07, 6.45) is 3.99. The zero-order valence-corrected chi connectivity index (χ0v) is 14.2. The van der Waals surface area contributed by atoms with Gasteiger partial charge in [0, 0.05) is 18.8 Å². The van der Waals surface area contributed by atoms with Crippen molar-refractivity contribution in [2.75, 3.05) is 26.2 Å². The lowest BCUT2D eigenvalue weighted by atomic mass is 9.92. The Morgan fingerprint density at radius 3 is 2.32 bits per heavy atom. The van der Waals surface area contributed by atoms with Gasteiger partial charge in [-0.1, -0.05) is 0 Å². The molecule has 1 aromatic rings. The third-order valence-electron chi connectivity index (χ3n) is 5.18. The Morgan fingerprint density at radius 1 is 1.23 bits per heavy atom. The van der Waals surface area contributed by atoms with Crippen LogP contribution in [0.1, 0.15) is 49.7 Å². The summed E-state index contributed by atoms with van der Waals surface area (Å²) in [7, 11) is 0. The summed E-state index contributed by atoms with van der Waals surface area (Å²) in [6, 6.07) is 0. The number of aromatic nitrogens is 2. The summed E-state index contributed by atoms with van der Waals surface area (Å²) in [5.74, 6) is 1.65. The SMILES string of the molecule is Cc1c(C(=O)N2CC[C@@H]3CNC[C@@H]3CC2)cnn1C(C)(C)C. The lowest BCUT2D eigenvalue weighted by Crippen LogP contribution is -2.33. The Labute approximate surface area is 133 Å². The number of carbonyl (C=O) groups is 1. The molecular weight excluding hydrogens is 276 g/mol. The smallest absolute Gasteiger partial charge is 0.257 e. The number of nitrogens with one attached hydrogen (secondary N) is 1. The van der Waals surface area contributed by atoms with Crippen molar-refractivity contribution in [1.82, 2.24) is 20.0 Å². The number of rotatable bonds is 1. The Morgan fingerprint density at radius 2 is 1.82 bits per heavy atom. The van der Waals surface area contributed by atoms with Crippen LogP contribution in [-0.4, -0.2) is 46.8 Å². The van der Waals surface area contributed by atoms with Crippen molar-refractivity contribution in [3.05, 3.63) is 17.5 Å². The molecule has 1 amide bonds. The summed E-state index contributed by atoms with van der Waals surface area (Å²) in [4.78, 5) is 14.9. The van der Waals surface area contributed by atoms with Gasteiger partial charge in [0.1, 0.15) is 0 Å².